The molecule has 0 bridgehead atoms. The summed E-state index contributed by atoms with van der Waals surface area (Å²) in [7, 11) is 0. The fourth-order valence-electron chi connectivity index (χ4n) is 4.80. The van der Waals surface area contributed by atoms with Gasteiger partial charge in [-0.1, -0.05) is 38.0 Å². The third kappa shape index (κ3) is 8.17. The number of ether oxygens (including phenoxy) is 1. The van der Waals surface area contributed by atoms with Crippen molar-refractivity contribution in [2.24, 2.45) is 5.73 Å². The number of unbranched alkanes of at least 4 members (excludes halogenated alkanes) is 2. The first-order valence-corrected chi connectivity index (χ1v) is 14.9. The zero-order chi connectivity index (χ0) is 29.2. The molecule has 0 spiro atoms. The summed E-state index contributed by atoms with van der Waals surface area (Å²) in [5.74, 6) is 0.556. The van der Waals surface area contributed by atoms with Gasteiger partial charge >= 0.3 is 0 Å². The largest absolute Gasteiger partial charge is 0.457 e. The molecule has 216 valence electrons. The number of thiophene rings is 1. The van der Waals surface area contributed by atoms with Gasteiger partial charge in [0.15, 0.2) is 0 Å². The van der Waals surface area contributed by atoms with Crippen molar-refractivity contribution >= 4 is 34.9 Å². The van der Waals surface area contributed by atoms with Crippen LogP contribution < -0.4 is 21.1 Å². The summed E-state index contributed by atoms with van der Waals surface area (Å²) >= 11 is 1.41. The summed E-state index contributed by atoms with van der Waals surface area (Å²) in [6.07, 6.45) is 5.21. The van der Waals surface area contributed by atoms with Crippen LogP contribution in [-0.4, -0.2) is 47.6 Å². The summed E-state index contributed by atoms with van der Waals surface area (Å²) in [6, 6.07) is 16.1. The van der Waals surface area contributed by atoms with E-state index in [-0.39, 0.29) is 30.1 Å². The van der Waals surface area contributed by atoms with Gasteiger partial charge in [0.2, 0.25) is 11.8 Å². The molecule has 4 rings (SSSR count). The molecule has 3 aromatic rings. The highest BCUT2D eigenvalue weighted by Crippen LogP contribution is 2.28. The van der Waals surface area contributed by atoms with Gasteiger partial charge in [0, 0.05) is 27.9 Å². The van der Waals surface area contributed by atoms with Gasteiger partial charge in [-0.15, -0.1) is 11.3 Å². The Balaban J connectivity index is 1.34. The molecule has 2 aromatic carbocycles. The molecular formula is C31H37N5O4S. The van der Waals surface area contributed by atoms with Crippen LogP contribution in [0.5, 0.6) is 11.5 Å². The molecule has 1 aliphatic rings. The van der Waals surface area contributed by atoms with E-state index in [2.05, 4.69) is 17.6 Å². The molecule has 0 saturated carbocycles. The minimum Gasteiger partial charge on any atom is -0.457 e. The number of amides is 3. The van der Waals surface area contributed by atoms with Crippen LogP contribution in [0.1, 0.15) is 65.4 Å². The van der Waals surface area contributed by atoms with Crippen LogP contribution in [0.4, 0.5) is 0 Å². The molecule has 5 N–H and O–H groups in total. The molecule has 0 aliphatic carbocycles. The second-order valence-electron chi connectivity index (χ2n) is 10.1. The van der Waals surface area contributed by atoms with Crippen molar-refractivity contribution in [1.82, 2.24) is 15.5 Å². The molecule has 1 saturated heterocycles. The zero-order valence-electron chi connectivity index (χ0n) is 23.3. The maximum Gasteiger partial charge on any atom is 0.251 e. The highest BCUT2D eigenvalue weighted by Gasteiger charge is 2.34. The molecule has 1 fully saturated rings. The van der Waals surface area contributed by atoms with Gasteiger partial charge in [-0.2, -0.15) is 0 Å². The monoisotopic (exact) mass is 575 g/mol. The SMILES string of the molecule is CCCCCc1cc(C(=O)NCC(=O)N2CCC[C@H]2C(=O)NCc2cc(C(=N)N)cs2)ccc1Oc1ccccc1. The number of amidine groups is 1. The topological polar surface area (TPSA) is 138 Å². The van der Waals surface area contributed by atoms with Gasteiger partial charge in [-0.3, -0.25) is 19.8 Å². The lowest BCUT2D eigenvalue weighted by molar-refractivity contribution is -0.137. The Labute approximate surface area is 244 Å². The standard InChI is InChI=1S/C31H37N5O4S/c1-2-3-5-9-21-16-22(13-14-27(21)40-24-10-6-4-7-11-24)30(38)35-19-28(37)36-15-8-12-26(36)31(39)34-18-25-17-23(20-41-25)29(32)33/h4,6-7,10-11,13-14,16-17,20,26H,2-3,5,8-9,12,15,18-19H2,1H3,(H3,32,33)(H,34,39)(H,35,38)/t26-/m0/s1. The quantitative estimate of drug-likeness (QED) is 0.134. The number of carbonyl (C=O) groups is 3. The number of hydrogen-bond donors (Lipinski definition) is 4. The number of aryl methyl sites for hydroxylation is 1. The lowest BCUT2D eigenvalue weighted by atomic mass is 10.0. The van der Waals surface area contributed by atoms with Crippen LogP contribution in [-0.2, 0) is 22.6 Å². The summed E-state index contributed by atoms with van der Waals surface area (Å²) < 4.78 is 6.09. The van der Waals surface area contributed by atoms with Crippen LogP contribution >= 0.6 is 11.3 Å². The molecule has 1 atom stereocenters. The molecular weight excluding hydrogens is 538 g/mol. The smallest absolute Gasteiger partial charge is 0.251 e. The minimum absolute atomic E-state index is 0.0161. The van der Waals surface area contributed by atoms with E-state index in [9.17, 15) is 14.4 Å². The second-order valence-corrected chi connectivity index (χ2v) is 11.1. The van der Waals surface area contributed by atoms with Gasteiger partial charge in [-0.25, -0.2) is 0 Å². The molecule has 41 heavy (non-hydrogen) atoms. The van der Waals surface area contributed by atoms with E-state index < -0.39 is 6.04 Å². The number of carbonyl (C=O) groups excluding carboxylic acids is 3. The van der Waals surface area contributed by atoms with E-state index in [1.54, 1.807) is 23.6 Å². The molecule has 1 aliphatic heterocycles. The van der Waals surface area contributed by atoms with Gasteiger partial charge in [0.1, 0.15) is 23.4 Å². The van der Waals surface area contributed by atoms with E-state index in [0.717, 1.165) is 48.3 Å². The molecule has 9 nitrogen and oxygen atoms in total. The third-order valence-electron chi connectivity index (χ3n) is 7.02. The highest BCUT2D eigenvalue weighted by molar-refractivity contribution is 7.10. The zero-order valence-corrected chi connectivity index (χ0v) is 24.1. The number of likely N-dealkylation sites (tertiary alicyclic amines) is 1. The van der Waals surface area contributed by atoms with Crippen LogP contribution in [0, 0.1) is 5.41 Å². The first kappa shape index (κ1) is 29.8. The first-order chi connectivity index (χ1) is 19.9. The Morgan fingerprint density at radius 3 is 2.61 bits per heavy atom. The van der Waals surface area contributed by atoms with E-state index in [4.69, 9.17) is 15.9 Å². The number of rotatable bonds is 13. The van der Waals surface area contributed by atoms with Gasteiger partial charge < -0.3 is 26.0 Å². The molecule has 0 radical (unpaired) electrons. The summed E-state index contributed by atoms with van der Waals surface area (Å²) in [6.45, 7) is 2.72. The predicted octanol–water partition coefficient (Wildman–Crippen LogP) is 4.59. The Morgan fingerprint density at radius 2 is 1.88 bits per heavy atom. The van der Waals surface area contributed by atoms with Crippen LogP contribution in [0.3, 0.4) is 0 Å². The minimum atomic E-state index is -0.578. The fraction of sp³-hybridized carbons (Fsp3) is 0.355. The number of nitrogen functional groups attached to an aromatic ring is 1. The number of para-hydroxylation sites is 1. The number of nitrogens with two attached hydrogens (primary N) is 1. The normalized spacial score (nSPS) is 14.5. The summed E-state index contributed by atoms with van der Waals surface area (Å²) in [5.41, 5.74) is 7.54. The molecule has 10 heteroatoms. The van der Waals surface area contributed by atoms with Crippen molar-refractivity contribution in [3.05, 3.63) is 81.5 Å². The van der Waals surface area contributed by atoms with Crippen molar-refractivity contribution in [3.63, 3.8) is 0 Å². The van der Waals surface area contributed by atoms with E-state index >= 15 is 0 Å². The lowest BCUT2D eigenvalue weighted by Crippen LogP contribution is -2.48. The lowest BCUT2D eigenvalue weighted by Gasteiger charge is -2.24. The summed E-state index contributed by atoms with van der Waals surface area (Å²) in [4.78, 5) is 41.3. The Bertz CT molecular complexity index is 1370. The van der Waals surface area contributed by atoms with Crippen molar-refractivity contribution < 1.29 is 19.1 Å². The predicted molar refractivity (Wildman–Crippen MR) is 160 cm³/mol. The Kier molecular flexibility index (Phi) is 10.5. The molecule has 1 aromatic heterocycles. The number of nitrogens with zero attached hydrogens (tertiary/aromatic N) is 1. The second kappa shape index (κ2) is 14.5. The van der Waals surface area contributed by atoms with Gasteiger partial charge in [0.05, 0.1) is 13.1 Å². The Hall–Kier alpha value is -4.18. The molecule has 3 amide bonds. The van der Waals surface area contributed by atoms with Gasteiger partial charge in [-0.05, 0) is 67.6 Å². The van der Waals surface area contributed by atoms with Crippen LogP contribution in [0.15, 0.2) is 60.0 Å². The van der Waals surface area contributed by atoms with E-state index in [0.29, 0.717) is 36.4 Å². The van der Waals surface area contributed by atoms with Crippen molar-refractivity contribution in [1.29, 1.82) is 5.41 Å². The maximum atomic E-state index is 13.0. The molecule has 2 heterocycles. The van der Waals surface area contributed by atoms with Gasteiger partial charge in [0.25, 0.3) is 5.91 Å². The van der Waals surface area contributed by atoms with Crippen LogP contribution in [0.25, 0.3) is 0 Å². The average Bonchev–Trinajstić information content (AvgIpc) is 3.67. The number of benzene rings is 2. The van der Waals surface area contributed by atoms with E-state index in [1.807, 2.05) is 36.4 Å². The summed E-state index contributed by atoms with van der Waals surface area (Å²) in [5, 5.41) is 14.9. The fourth-order valence-corrected chi connectivity index (χ4v) is 5.62. The highest BCUT2D eigenvalue weighted by atomic mass is 32.1. The van der Waals surface area contributed by atoms with Crippen molar-refractivity contribution in [2.75, 3.05) is 13.1 Å². The van der Waals surface area contributed by atoms with Crippen molar-refractivity contribution in [3.8, 4) is 11.5 Å². The number of hydrogen-bond acceptors (Lipinski definition) is 6. The van der Waals surface area contributed by atoms with E-state index in [1.165, 1.54) is 16.2 Å². The average molecular weight is 576 g/mol. The number of nitrogens with one attached hydrogen (secondary N) is 3. The Morgan fingerprint density at radius 1 is 1.07 bits per heavy atom. The molecule has 0 unspecified atom stereocenters. The van der Waals surface area contributed by atoms with Crippen molar-refractivity contribution in [2.45, 2.75) is 58.0 Å². The first-order valence-electron chi connectivity index (χ1n) is 14.0. The third-order valence-corrected chi connectivity index (χ3v) is 7.96. The maximum absolute atomic E-state index is 13.0. The van der Waals surface area contributed by atoms with Crippen LogP contribution in [0.2, 0.25) is 0 Å².